The molecule has 0 saturated heterocycles. The number of hydrogen-bond donors (Lipinski definition) is 1. The second-order valence-electron chi connectivity index (χ2n) is 9.77. The molecular formula is C26H31ClN2O3. The molecule has 4 rings (SSSR count). The van der Waals surface area contributed by atoms with Crippen molar-refractivity contribution in [2.45, 2.75) is 59.8 Å². The molecule has 1 N–H and O–H groups in total. The molecule has 0 radical (unpaired) electrons. The Morgan fingerprint density at radius 1 is 1.12 bits per heavy atom. The van der Waals surface area contributed by atoms with Crippen molar-refractivity contribution < 1.29 is 14.6 Å². The second-order valence-corrected chi connectivity index (χ2v) is 10.2. The number of likely N-dealkylation sites (N-methyl/N-ethyl adjacent to an activating group) is 1. The van der Waals surface area contributed by atoms with E-state index >= 15 is 0 Å². The van der Waals surface area contributed by atoms with Crippen LogP contribution in [0.2, 0.25) is 5.02 Å². The number of hydrogen-bond acceptors (Lipinski definition) is 3. The highest BCUT2D eigenvalue weighted by molar-refractivity contribution is 6.38. The fraction of sp³-hybridized carbons (Fsp3) is 0.423. The Bertz CT molecular complexity index is 1220. The van der Waals surface area contributed by atoms with Gasteiger partial charge in [-0.1, -0.05) is 41.4 Å². The predicted octanol–water partition coefficient (Wildman–Crippen LogP) is 6.28. The fourth-order valence-corrected chi connectivity index (χ4v) is 5.14. The van der Waals surface area contributed by atoms with Crippen LogP contribution in [0.25, 0.3) is 22.0 Å². The van der Waals surface area contributed by atoms with Gasteiger partial charge in [-0.15, -0.1) is 0 Å². The van der Waals surface area contributed by atoms with E-state index < -0.39 is 17.7 Å². The maximum atomic E-state index is 12.6. The summed E-state index contributed by atoms with van der Waals surface area (Å²) >= 11 is 6.97. The summed E-state index contributed by atoms with van der Waals surface area (Å²) < 4.78 is 8.43. The molecule has 1 aliphatic heterocycles. The second kappa shape index (κ2) is 7.82. The van der Waals surface area contributed by atoms with Crippen LogP contribution in [0.4, 0.5) is 5.69 Å². The normalized spacial score (nSPS) is 14.8. The van der Waals surface area contributed by atoms with E-state index in [-0.39, 0.29) is 0 Å². The molecule has 170 valence electrons. The monoisotopic (exact) mass is 454 g/mol. The van der Waals surface area contributed by atoms with Crippen molar-refractivity contribution >= 4 is 34.2 Å². The number of carbonyl (C=O) groups is 1. The first-order valence-electron chi connectivity index (χ1n) is 11.0. The van der Waals surface area contributed by atoms with E-state index in [1.165, 1.54) is 0 Å². The summed E-state index contributed by atoms with van der Waals surface area (Å²) in [6, 6.07) is 8.18. The lowest BCUT2D eigenvalue weighted by Gasteiger charge is -2.34. The van der Waals surface area contributed by atoms with Gasteiger partial charge in [0.05, 0.1) is 21.8 Å². The molecule has 1 aromatic heterocycles. The van der Waals surface area contributed by atoms with Crippen LogP contribution in [0.15, 0.2) is 24.3 Å². The van der Waals surface area contributed by atoms with Crippen molar-refractivity contribution in [2.75, 3.05) is 18.5 Å². The van der Waals surface area contributed by atoms with Crippen molar-refractivity contribution in [3.8, 4) is 11.1 Å². The van der Waals surface area contributed by atoms with Crippen LogP contribution >= 0.6 is 11.6 Å². The fourth-order valence-electron chi connectivity index (χ4n) is 4.85. The number of carboxylic acids is 1. The van der Waals surface area contributed by atoms with E-state index in [1.54, 1.807) is 0 Å². The Kier molecular flexibility index (Phi) is 5.54. The molecule has 3 aromatic rings. The van der Waals surface area contributed by atoms with Crippen molar-refractivity contribution in [2.24, 2.45) is 0 Å². The lowest BCUT2D eigenvalue weighted by molar-refractivity contribution is -0.160. The van der Waals surface area contributed by atoms with E-state index in [0.717, 1.165) is 57.6 Å². The van der Waals surface area contributed by atoms with Crippen molar-refractivity contribution in [3.05, 3.63) is 51.7 Å². The first kappa shape index (κ1) is 22.7. The number of halogens is 1. The summed E-state index contributed by atoms with van der Waals surface area (Å²) in [4.78, 5) is 14.8. The Balaban J connectivity index is 2.21. The molecule has 6 heteroatoms. The van der Waals surface area contributed by atoms with Crippen LogP contribution in [0, 0.1) is 20.8 Å². The molecule has 2 aromatic carbocycles. The van der Waals surface area contributed by atoms with E-state index in [4.69, 9.17) is 16.3 Å². The summed E-state index contributed by atoms with van der Waals surface area (Å²) in [7, 11) is 2.05. The number of aliphatic carboxylic acids is 1. The van der Waals surface area contributed by atoms with Gasteiger partial charge in [-0.2, -0.15) is 0 Å². The first-order chi connectivity index (χ1) is 14.9. The van der Waals surface area contributed by atoms with Gasteiger partial charge in [-0.05, 0) is 58.2 Å². The van der Waals surface area contributed by atoms with Gasteiger partial charge in [-0.25, -0.2) is 4.79 Å². The zero-order valence-corrected chi connectivity index (χ0v) is 20.6. The van der Waals surface area contributed by atoms with Crippen LogP contribution < -0.4 is 4.90 Å². The molecule has 0 bridgehead atoms. The lowest BCUT2D eigenvalue weighted by Crippen LogP contribution is -2.31. The summed E-state index contributed by atoms with van der Waals surface area (Å²) in [5.41, 5.74) is 6.98. The standard InChI is InChI=1S/C26H31ClN2O3/c1-14-8-10-17(11-9-14)19-18(24(25(30)31)32-26(4,5)6)15(2)22-23-20(19)21(27)16(3)29(23)13-12-28(22)7/h8-11,24H,12-13H2,1-7H3,(H,30,31)/t24-/m0/s1. The predicted molar refractivity (Wildman–Crippen MR) is 131 cm³/mol. The third kappa shape index (κ3) is 3.57. The smallest absolute Gasteiger partial charge is 0.337 e. The molecule has 1 atom stereocenters. The summed E-state index contributed by atoms with van der Waals surface area (Å²) in [6.45, 7) is 13.4. The van der Waals surface area contributed by atoms with E-state index in [2.05, 4.69) is 16.5 Å². The van der Waals surface area contributed by atoms with Crippen molar-refractivity contribution in [3.63, 3.8) is 0 Å². The van der Waals surface area contributed by atoms with E-state index in [0.29, 0.717) is 10.6 Å². The minimum atomic E-state index is -1.12. The van der Waals surface area contributed by atoms with E-state index in [1.807, 2.05) is 65.8 Å². The molecule has 5 nitrogen and oxygen atoms in total. The molecule has 0 amide bonds. The van der Waals surface area contributed by atoms with Gasteiger partial charge in [0.25, 0.3) is 0 Å². The number of carboxylic acid groups (broad SMARTS) is 1. The quantitative estimate of drug-likeness (QED) is 0.504. The number of benzene rings is 2. The number of nitrogens with zero attached hydrogens (tertiary/aromatic N) is 2. The SMILES string of the molecule is Cc1ccc(-c2c([C@H](OC(C)(C)C)C(=O)O)c(C)c3c4c2c(Cl)c(C)n4CCN3C)cc1. The van der Waals surface area contributed by atoms with Crippen LogP contribution in [0.1, 0.15) is 49.3 Å². The minimum Gasteiger partial charge on any atom is -0.479 e. The Morgan fingerprint density at radius 2 is 1.75 bits per heavy atom. The Hall–Kier alpha value is -2.50. The highest BCUT2D eigenvalue weighted by atomic mass is 35.5. The van der Waals surface area contributed by atoms with Crippen LogP contribution in [0.5, 0.6) is 0 Å². The third-order valence-electron chi connectivity index (χ3n) is 6.29. The van der Waals surface area contributed by atoms with Gasteiger partial charge < -0.3 is 19.3 Å². The number of ether oxygens (including phenoxy) is 1. The number of aromatic nitrogens is 1. The summed E-state index contributed by atoms with van der Waals surface area (Å²) in [6.07, 6.45) is -1.12. The van der Waals surface area contributed by atoms with Gasteiger partial charge in [0.15, 0.2) is 6.10 Å². The number of anilines is 1. The zero-order valence-electron chi connectivity index (χ0n) is 19.8. The molecule has 0 spiro atoms. The number of aryl methyl sites for hydroxylation is 1. The molecular weight excluding hydrogens is 424 g/mol. The summed E-state index contributed by atoms with van der Waals surface area (Å²) in [5.74, 6) is -1.01. The molecule has 32 heavy (non-hydrogen) atoms. The summed E-state index contributed by atoms with van der Waals surface area (Å²) in [5, 5.41) is 11.9. The van der Waals surface area contributed by atoms with Gasteiger partial charge in [0.2, 0.25) is 0 Å². The van der Waals surface area contributed by atoms with Crippen LogP contribution in [-0.2, 0) is 16.1 Å². The van der Waals surface area contributed by atoms with Crippen molar-refractivity contribution in [1.82, 2.24) is 4.57 Å². The van der Waals surface area contributed by atoms with Gasteiger partial charge in [0, 0.05) is 36.8 Å². The average Bonchev–Trinajstić information content (AvgIpc) is 2.95. The largest absolute Gasteiger partial charge is 0.479 e. The van der Waals surface area contributed by atoms with Crippen LogP contribution in [-0.4, -0.2) is 34.8 Å². The van der Waals surface area contributed by atoms with E-state index in [9.17, 15) is 9.90 Å². The molecule has 0 fully saturated rings. The number of rotatable bonds is 4. The van der Waals surface area contributed by atoms with Gasteiger partial charge in [0.1, 0.15) is 0 Å². The molecule has 0 aliphatic carbocycles. The molecule has 0 saturated carbocycles. The Labute approximate surface area is 194 Å². The average molecular weight is 455 g/mol. The molecule has 2 heterocycles. The topological polar surface area (TPSA) is 54.7 Å². The maximum Gasteiger partial charge on any atom is 0.337 e. The maximum absolute atomic E-state index is 12.6. The van der Waals surface area contributed by atoms with Crippen LogP contribution in [0.3, 0.4) is 0 Å². The zero-order chi connectivity index (χ0) is 23.5. The van der Waals surface area contributed by atoms with Gasteiger partial charge >= 0.3 is 5.97 Å². The minimum absolute atomic E-state index is 0.635. The highest BCUT2D eigenvalue weighted by Gasteiger charge is 2.36. The first-order valence-corrected chi connectivity index (χ1v) is 11.3. The molecule has 0 unspecified atom stereocenters. The van der Waals surface area contributed by atoms with Gasteiger partial charge in [-0.3, -0.25) is 0 Å². The highest BCUT2D eigenvalue weighted by Crippen LogP contribution is 2.50. The third-order valence-corrected chi connectivity index (χ3v) is 6.75. The lowest BCUT2D eigenvalue weighted by atomic mass is 9.87. The van der Waals surface area contributed by atoms with Crippen molar-refractivity contribution in [1.29, 1.82) is 0 Å². The molecule has 1 aliphatic rings. The Morgan fingerprint density at radius 3 is 2.31 bits per heavy atom.